The summed E-state index contributed by atoms with van der Waals surface area (Å²) in [6.07, 6.45) is 1.78. The normalized spacial score (nSPS) is 17.0. The molecule has 132 valence electrons. The highest BCUT2D eigenvalue weighted by atomic mass is 32.2. The maximum atomic E-state index is 12.2. The molecule has 2 rings (SSSR count). The fourth-order valence-electron chi connectivity index (χ4n) is 2.42. The lowest BCUT2D eigenvalue weighted by molar-refractivity contribution is -0.148. The summed E-state index contributed by atoms with van der Waals surface area (Å²) in [5.74, 6) is 1.19. The van der Waals surface area contributed by atoms with Crippen molar-refractivity contribution in [1.29, 1.82) is 0 Å². The molecule has 1 fully saturated rings. The molecule has 1 aliphatic heterocycles. The molecule has 0 aromatic heterocycles. The van der Waals surface area contributed by atoms with Crippen LogP contribution in [0.3, 0.4) is 0 Å². The van der Waals surface area contributed by atoms with Gasteiger partial charge in [0.15, 0.2) is 0 Å². The van der Waals surface area contributed by atoms with Crippen LogP contribution >= 0.6 is 11.8 Å². The molecule has 0 saturated carbocycles. The minimum Gasteiger partial charge on any atom is -0.497 e. The van der Waals surface area contributed by atoms with Crippen molar-refractivity contribution in [2.45, 2.75) is 25.1 Å². The van der Waals surface area contributed by atoms with E-state index in [-0.39, 0.29) is 23.8 Å². The van der Waals surface area contributed by atoms with Gasteiger partial charge in [-0.2, -0.15) is 0 Å². The molecule has 1 heterocycles. The maximum absolute atomic E-state index is 12.2. The van der Waals surface area contributed by atoms with Crippen LogP contribution in [-0.2, 0) is 14.3 Å². The zero-order valence-electron chi connectivity index (χ0n) is 14.2. The zero-order chi connectivity index (χ0) is 17.5. The van der Waals surface area contributed by atoms with E-state index in [2.05, 4.69) is 0 Å². The van der Waals surface area contributed by atoms with Crippen LogP contribution in [0, 0.1) is 0 Å². The van der Waals surface area contributed by atoms with Gasteiger partial charge in [-0.15, -0.1) is 11.8 Å². The standard InChI is InChI=1S/C17H23NO5S/c1-4-5-8-23-16(20)10-18-15(19)11-24-17(18)13-7-6-12(21-2)9-14(13)22-3/h6-7,9,17H,4-5,8,10-11H2,1-3H3. The van der Waals surface area contributed by atoms with Crippen LogP contribution in [0.5, 0.6) is 11.5 Å². The molecule has 1 atom stereocenters. The number of unbranched alkanes of at least 4 members (excludes halogenated alkanes) is 1. The van der Waals surface area contributed by atoms with E-state index in [1.54, 1.807) is 25.2 Å². The number of thioether (sulfide) groups is 1. The Balaban J connectivity index is 2.13. The second kappa shape index (κ2) is 8.82. The Morgan fingerprint density at radius 1 is 1.33 bits per heavy atom. The van der Waals surface area contributed by atoms with E-state index in [1.165, 1.54) is 11.8 Å². The summed E-state index contributed by atoms with van der Waals surface area (Å²) in [6, 6.07) is 5.46. The number of hydrogen-bond acceptors (Lipinski definition) is 6. The quantitative estimate of drug-likeness (QED) is 0.529. The first-order valence-electron chi connectivity index (χ1n) is 7.89. The highest BCUT2D eigenvalue weighted by molar-refractivity contribution is 8.00. The molecule has 24 heavy (non-hydrogen) atoms. The van der Waals surface area contributed by atoms with Crippen LogP contribution in [0.2, 0.25) is 0 Å². The first kappa shape index (κ1) is 18.4. The van der Waals surface area contributed by atoms with Gasteiger partial charge in [-0.05, 0) is 18.6 Å². The molecule has 0 aliphatic carbocycles. The molecule has 1 saturated heterocycles. The van der Waals surface area contributed by atoms with Gasteiger partial charge in [0.05, 0.1) is 26.6 Å². The van der Waals surface area contributed by atoms with Crippen molar-refractivity contribution in [3.63, 3.8) is 0 Å². The van der Waals surface area contributed by atoms with Gasteiger partial charge in [0.1, 0.15) is 23.4 Å². The number of nitrogens with zero attached hydrogens (tertiary/aromatic N) is 1. The molecule has 6 nitrogen and oxygen atoms in total. The third-order valence-electron chi connectivity index (χ3n) is 3.74. The Bertz CT molecular complexity index is 592. The molecule has 0 bridgehead atoms. The van der Waals surface area contributed by atoms with Gasteiger partial charge in [0.25, 0.3) is 0 Å². The average Bonchev–Trinajstić information content (AvgIpc) is 2.95. The number of amides is 1. The number of methoxy groups -OCH3 is 2. The SMILES string of the molecule is CCCCOC(=O)CN1C(=O)CSC1c1ccc(OC)cc1OC. The number of benzene rings is 1. The van der Waals surface area contributed by atoms with E-state index >= 15 is 0 Å². The van der Waals surface area contributed by atoms with E-state index in [0.29, 0.717) is 23.9 Å². The van der Waals surface area contributed by atoms with E-state index in [1.807, 2.05) is 19.1 Å². The summed E-state index contributed by atoms with van der Waals surface area (Å²) in [6.45, 7) is 2.37. The molecule has 1 aliphatic rings. The van der Waals surface area contributed by atoms with Crippen molar-refractivity contribution in [3.05, 3.63) is 23.8 Å². The predicted molar refractivity (Wildman–Crippen MR) is 92.3 cm³/mol. The highest BCUT2D eigenvalue weighted by Gasteiger charge is 2.36. The highest BCUT2D eigenvalue weighted by Crippen LogP contribution is 2.43. The Labute approximate surface area is 146 Å². The van der Waals surface area contributed by atoms with Crippen molar-refractivity contribution in [2.75, 3.05) is 33.1 Å². The van der Waals surface area contributed by atoms with Crippen LogP contribution in [0.25, 0.3) is 0 Å². The lowest BCUT2D eigenvalue weighted by Gasteiger charge is -2.24. The fraction of sp³-hybridized carbons (Fsp3) is 0.529. The van der Waals surface area contributed by atoms with Gasteiger partial charge < -0.3 is 19.1 Å². The molecule has 0 spiro atoms. The summed E-state index contributed by atoms with van der Waals surface area (Å²) in [5.41, 5.74) is 0.843. The monoisotopic (exact) mass is 353 g/mol. The van der Waals surface area contributed by atoms with Crippen LogP contribution < -0.4 is 9.47 Å². The Morgan fingerprint density at radius 3 is 2.79 bits per heavy atom. The third kappa shape index (κ3) is 4.35. The fourth-order valence-corrected chi connectivity index (χ4v) is 3.63. The van der Waals surface area contributed by atoms with Gasteiger partial charge in [0.2, 0.25) is 5.91 Å². The predicted octanol–water partition coefficient (Wildman–Crippen LogP) is 2.62. The second-order valence-electron chi connectivity index (χ2n) is 5.37. The molecule has 1 unspecified atom stereocenters. The zero-order valence-corrected chi connectivity index (χ0v) is 15.1. The molecule has 1 amide bonds. The van der Waals surface area contributed by atoms with Crippen LogP contribution in [0.4, 0.5) is 0 Å². The van der Waals surface area contributed by atoms with Crippen molar-refractivity contribution < 1.29 is 23.8 Å². The lowest BCUT2D eigenvalue weighted by Crippen LogP contribution is -2.34. The van der Waals surface area contributed by atoms with Gasteiger partial charge in [0, 0.05) is 11.6 Å². The molecular formula is C17H23NO5S. The molecular weight excluding hydrogens is 330 g/mol. The Hall–Kier alpha value is -1.89. The molecule has 1 aromatic rings. The number of carbonyl (C=O) groups excluding carboxylic acids is 2. The number of ether oxygens (including phenoxy) is 3. The van der Waals surface area contributed by atoms with Crippen LogP contribution in [0.1, 0.15) is 30.7 Å². The van der Waals surface area contributed by atoms with Crippen LogP contribution in [0.15, 0.2) is 18.2 Å². The number of rotatable bonds is 8. The number of carbonyl (C=O) groups is 2. The van der Waals surface area contributed by atoms with Crippen molar-refractivity contribution in [2.24, 2.45) is 0 Å². The van der Waals surface area contributed by atoms with E-state index in [9.17, 15) is 9.59 Å². The third-order valence-corrected chi connectivity index (χ3v) is 4.97. The molecule has 7 heteroatoms. The summed E-state index contributed by atoms with van der Waals surface area (Å²) in [7, 11) is 3.16. The van der Waals surface area contributed by atoms with Crippen molar-refractivity contribution >= 4 is 23.6 Å². The lowest BCUT2D eigenvalue weighted by atomic mass is 10.1. The van der Waals surface area contributed by atoms with Crippen molar-refractivity contribution in [1.82, 2.24) is 4.90 Å². The first-order chi connectivity index (χ1) is 11.6. The van der Waals surface area contributed by atoms with Crippen molar-refractivity contribution in [3.8, 4) is 11.5 Å². The Morgan fingerprint density at radius 2 is 2.12 bits per heavy atom. The first-order valence-corrected chi connectivity index (χ1v) is 8.94. The molecule has 0 N–H and O–H groups in total. The van der Waals surface area contributed by atoms with Gasteiger partial charge in [-0.1, -0.05) is 13.3 Å². The van der Waals surface area contributed by atoms with Gasteiger partial charge in [-0.3, -0.25) is 9.59 Å². The summed E-state index contributed by atoms with van der Waals surface area (Å²) in [5, 5.41) is -0.267. The average molecular weight is 353 g/mol. The van der Waals surface area contributed by atoms with E-state index in [4.69, 9.17) is 14.2 Å². The molecule has 1 aromatic carbocycles. The maximum Gasteiger partial charge on any atom is 0.325 e. The van der Waals surface area contributed by atoms with Gasteiger partial charge in [-0.25, -0.2) is 0 Å². The Kier molecular flexibility index (Phi) is 6.78. The topological polar surface area (TPSA) is 65.1 Å². The second-order valence-corrected chi connectivity index (χ2v) is 6.44. The number of esters is 1. The van der Waals surface area contributed by atoms with Crippen LogP contribution in [-0.4, -0.2) is 49.9 Å². The van der Waals surface area contributed by atoms with E-state index in [0.717, 1.165) is 18.4 Å². The summed E-state index contributed by atoms with van der Waals surface area (Å²) >= 11 is 1.47. The summed E-state index contributed by atoms with van der Waals surface area (Å²) in [4.78, 5) is 25.7. The number of hydrogen-bond donors (Lipinski definition) is 0. The minimum atomic E-state index is -0.378. The van der Waals surface area contributed by atoms with Gasteiger partial charge >= 0.3 is 5.97 Å². The minimum absolute atomic E-state index is 0.0462. The molecule has 0 radical (unpaired) electrons. The smallest absolute Gasteiger partial charge is 0.325 e. The largest absolute Gasteiger partial charge is 0.497 e. The summed E-state index contributed by atoms with van der Waals surface area (Å²) < 4.78 is 15.8. The van der Waals surface area contributed by atoms with E-state index < -0.39 is 0 Å².